The number of aromatic nitrogens is 2. The molecular weight excluding hydrogens is 234 g/mol. The molecule has 1 aliphatic heterocycles. The molecule has 0 aliphatic carbocycles. The van der Waals surface area contributed by atoms with E-state index in [1.165, 1.54) is 6.20 Å². The Morgan fingerprint density at radius 2 is 2.28 bits per heavy atom. The number of amides is 1. The number of nitrogens with one attached hydrogen (secondary N) is 2. The molecule has 1 aromatic heterocycles. The van der Waals surface area contributed by atoms with Gasteiger partial charge in [-0.3, -0.25) is 14.7 Å². The van der Waals surface area contributed by atoms with E-state index in [0.29, 0.717) is 22.7 Å². The Morgan fingerprint density at radius 3 is 3.11 bits per heavy atom. The Kier molecular flexibility index (Phi) is 2.33. The average molecular weight is 243 g/mol. The normalized spacial score (nSPS) is 13.4. The monoisotopic (exact) mass is 243 g/mol. The van der Waals surface area contributed by atoms with Gasteiger partial charge in [-0.2, -0.15) is 5.10 Å². The van der Waals surface area contributed by atoms with Gasteiger partial charge in [0, 0.05) is 5.56 Å². The quantitative estimate of drug-likeness (QED) is 0.777. The molecule has 0 saturated carbocycles. The number of hydrogen-bond donors (Lipinski definition) is 2. The lowest BCUT2D eigenvalue weighted by Crippen LogP contribution is -2.25. The fourth-order valence-corrected chi connectivity index (χ4v) is 1.85. The summed E-state index contributed by atoms with van der Waals surface area (Å²) in [5.74, 6) is 0.422. The van der Waals surface area contributed by atoms with Crippen molar-refractivity contribution in [2.45, 2.75) is 0 Å². The molecule has 0 atom stereocenters. The maximum atomic E-state index is 11.2. The molecule has 6 heteroatoms. The molecule has 0 radical (unpaired) electrons. The Morgan fingerprint density at radius 1 is 1.39 bits per heavy atom. The van der Waals surface area contributed by atoms with E-state index < -0.39 is 0 Å². The Labute approximate surface area is 102 Å². The van der Waals surface area contributed by atoms with Gasteiger partial charge in [-0.25, -0.2) is 0 Å². The van der Waals surface area contributed by atoms with Crippen molar-refractivity contribution in [3.8, 4) is 17.0 Å². The molecule has 2 N–H and O–H groups in total. The first kappa shape index (κ1) is 10.5. The van der Waals surface area contributed by atoms with Crippen LogP contribution < -0.4 is 10.1 Å². The first-order valence-electron chi connectivity index (χ1n) is 5.33. The molecule has 1 amide bonds. The second-order valence-electron chi connectivity index (χ2n) is 3.87. The molecule has 0 fully saturated rings. The summed E-state index contributed by atoms with van der Waals surface area (Å²) < 4.78 is 5.26. The molecule has 90 valence electrons. The molecule has 3 rings (SSSR count). The average Bonchev–Trinajstić information content (AvgIpc) is 2.86. The van der Waals surface area contributed by atoms with Gasteiger partial charge in [0.1, 0.15) is 5.75 Å². The summed E-state index contributed by atoms with van der Waals surface area (Å²) in [4.78, 5) is 22.1. The van der Waals surface area contributed by atoms with E-state index in [0.717, 1.165) is 11.8 Å². The maximum absolute atomic E-state index is 11.2. The molecule has 1 aliphatic rings. The number of fused-ring (bicyclic) bond motifs is 1. The third kappa shape index (κ3) is 1.64. The van der Waals surface area contributed by atoms with E-state index in [-0.39, 0.29) is 12.5 Å². The van der Waals surface area contributed by atoms with Crippen LogP contribution in [0.2, 0.25) is 0 Å². The van der Waals surface area contributed by atoms with Gasteiger partial charge in [-0.05, 0) is 18.2 Å². The fourth-order valence-electron chi connectivity index (χ4n) is 1.85. The summed E-state index contributed by atoms with van der Waals surface area (Å²) in [6.45, 7) is 0.0238. The topological polar surface area (TPSA) is 84.1 Å². The lowest BCUT2D eigenvalue weighted by molar-refractivity contribution is -0.118. The summed E-state index contributed by atoms with van der Waals surface area (Å²) in [6.07, 6.45) is 2.18. The van der Waals surface area contributed by atoms with Gasteiger partial charge in [0.25, 0.3) is 5.91 Å². The SMILES string of the molecule is O=Cc1cn[nH]c1-c1ccc2c(c1)NC(=O)CO2. The molecular formula is C12H9N3O3. The molecule has 0 unspecified atom stereocenters. The first-order chi connectivity index (χ1) is 8.78. The standard InChI is InChI=1S/C12H9N3O3/c16-5-8-4-13-15-12(8)7-1-2-10-9(3-7)14-11(17)6-18-10/h1-5H,6H2,(H,13,15)(H,14,17). The van der Waals surface area contributed by atoms with E-state index in [1.54, 1.807) is 18.2 Å². The second kappa shape index (κ2) is 3.99. The van der Waals surface area contributed by atoms with E-state index in [4.69, 9.17) is 4.74 Å². The predicted octanol–water partition coefficient (Wildman–Crippen LogP) is 1.22. The fraction of sp³-hybridized carbons (Fsp3) is 0.0833. The van der Waals surface area contributed by atoms with Gasteiger partial charge in [0.15, 0.2) is 12.9 Å². The zero-order valence-electron chi connectivity index (χ0n) is 9.27. The highest BCUT2D eigenvalue weighted by Gasteiger charge is 2.17. The number of carbonyl (C=O) groups is 2. The van der Waals surface area contributed by atoms with Gasteiger partial charge in [0.05, 0.1) is 23.1 Å². The number of benzene rings is 1. The third-order valence-corrected chi connectivity index (χ3v) is 2.70. The molecule has 6 nitrogen and oxygen atoms in total. The summed E-state index contributed by atoms with van der Waals surface area (Å²) in [5, 5.41) is 9.29. The molecule has 0 spiro atoms. The molecule has 2 heterocycles. The van der Waals surface area contributed by atoms with E-state index >= 15 is 0 Å². The number of nitrogens with zero attached hydrogens (tertiary/aromatic N) is 1. The zero-order chi connectivity index (χ0) is 12.5. The highest BCUT2D eigenvalue weighted by molar-refractivity contribution is 5.96. The lowest BCUT2D eigenvalue weighted by atomic mass is 10.1. The van der Waals surface area contributed by atoms with Crippen LogP contribution in [0.4, 0.5) is 5.69 Å². The first-order valence-corrected chi connectivity index (χ1v) is 5.33. The zero-order valence-corrected chi connectivity index (χ0v) is 9.27. The smallest absolute Gasteiger partial charge is 0.262 e. The second-order valence-corrected chi connectivity index (χ2v) is 3.87. The van der Waals surface area contributed by atoms with E-state index in [1.807, 2.05) is 0 Å². The summed E-state index contributed by atoms with van der Waals surface area (Å²) >= 11 is 0. The van der Waals surface area contributed by atoms with Crippen LogP contribution in [0, 0.1) is 0 Å². The van der Waals surface area contributed by atoms with Crippen LogP contribution in [-0.4, -0.2) is 29.0 Å². The predicted molar refractivity (Wildman–Crippen MR) is 63.5 cm³/mol. The van der Waals surface area contributed by atoms with Crippen molar-refractivity contribution in [1.82, 2.24) is 10.2 Å². The molecule has 2 aromatic rings. The van der Waals surface area contributed by atoms with Gasteiger partial charge < -0.3 is 10.1 Å². The lowest BCUT2D eigenvalue weighted by Gasteiger charge is -2.18. The largest absolute Gasteiger partial charge is 0.482 e. The number of aldehydes is 1. The van der Waals surface area contributed by atoms with Gasteiger partial charge in [-0.1, -0.05) is 0 Å². The highest BCUT2D eigenvalue weighted by Crippen LogP contribution is 2.32. The van der Waals surface area contributed by atoms with Crippen molar-refractivity contribution >= 4 is 17.9 Å². The number of carbonyl (C=O) groups excluding carboxylic acids is 2. The Balaban J connectivity index is 2.07. The van der Waals surface area contributed by atoms with Crippen LogP contribution in [0.15, 0.2) is 24.4 Å². The number of aromatic amines is 1. The van der Waals surface area contributed by atoms with E-state index in [9.17, 15) is 9.59 Å². The minimum absolute atomic E-state index is 0.0238. The van der Waals surface area contributed by atoms with Crippen molar-refractivity contribution in [3.63, 3.8) is 0 Å². The van der Waals surface area contributed by atoms with Gasteiger partial charge in [0.2, 0.25) is 0 Å². The van der Waals surface area contributed by atoms with Crippen LogP contribution in [-0.2, 0) is 4.79 Å². The minimum atomic E-state index is -0.195. The molecule has 1 aromatic carbocycles. The number of anilines is 1. The number of rotatable bonds is 2. The Bertz CT molecular complexity index is 633. The number of hydrogen-bond acceptors (Lipinski definition) is 4. The van der Waals surface area contributed by atoms with Crippen LogP contribution in [0.5, 0.6) is 5.75 Å². The third-order valence-electron chi connectivity index (χ3n) is 2.70. The van der Waals surface area contributed by atoms with Crippen LogP contribution in [0.3, 0.4) is 0 Å². The molecule has 18 heavy (non-hydrogen) atoms. The number of H-pyrrole nitrogens is 1. The summed E-state index contributed by atoms with van der Waals surface area (Å²) in [5.41, 5.74) is 2.44. The van der Waals surface area contributed by atoms with Crippen LogP contribution >= 0.6 is 0 Å². The maximum Gasteiger partial charge on any atom is 0.262 e. The molecule has 0 bridgehead atoms. The summed E-state index contributed by atoms with van der Waals surface area (Å²) in [6, 6.07) is 5.29. The van der Waals surface area contributed by atoms with Crippen molar-refractivity contribution in [3.05, 3.63) is 30.0 Å². The minimum Gasteiger partial charge on any atom is -0.482 e. The van der Waals surface area contributed by atoms with Crippen molar-refractivity contribution in [1.29, 1.82) is 0 Å². The van der Waals surface area contributed by atoms with Crippen molar-refractivity contribution < 1.29 is 14.3 Å². The van der Waals surface area contributed by atoms with Crippen molar-refractivity contribution in [2.24, 2.45) is 0 Å². The van der Waals surface area contributed by atoms with Crippen LogP contribution in [0.25, 0.3) is 11.3 Å². The number of ether oxygens (including phenoxy) is 1. The van der Waals surface area contributed by atoms with Crippen LogP contribution in [0.1, 0.15) is 10.4 Å². The van der Waals surface area contributed by atoms with E-state index in [2.05, 4.69) is 15.5 Å². The molecule has 0 saturated heterocycles. The highest BCUT2D eigenvalue weighted by atomic mass is 16.5. The summed E-state index contributed by atoms with van der Waals surface area (Å²) in [7, 11) is 0. The van der Waals surface area contributed by atoms with Crippen molar-refractivity contribution in [2.75, 3.05) is 11.9 Å². The Hall–Kier alpha value is -2.63. The van der Waals surface area contributed by atoms with Gasteiger partial charge in [-0.15, -0.1) is 0 Å². The van der Waals surface area contributed by atoms with Gasteiger partial charge >= 0.3 is 0 Å².